The summed E-state index contributed by atoms with van der Waals surface area (Å²) in [6, 6.07) is 0. The van der Waals surface area contributed by atoms with Gasteiger partial charge in [-0.05, 0) is 20.3 Å². The molecule has 0 aromatic carbocycles. The molecule has 4 nitrogen and oxygen atoms in total. The summed E-state index contributed by atoms with van der Waals surface area (Å²) in [6.07, 6.45) is 3.94. The molecule has 0 amide bonds. The van der Waals surface area contributed by atoms with Crippen LogP contribution in [0.25, 0.3) is 0 Å². The van der Waals surface area contributed by atoms with Crippen LogP contribution in [0.5, 0.6) is 0 Å². The Balaban J connectivity index is 5.05. The molecular weight excluding hydrogens is 196 g/mol. The third-order valence-corrected chi connectivity index (χ3v) is 1.93. The molecule has 4 heteroatoms. The van der Waals surface area contributed by atoms with Crippen molar-refractivity contribution in [2.75, 3.05) is 14.2 Å². The Morgan fingerprint density at radius 3 is 2.07 bits per heavy atom. The first-order valence-corrected chi connectivity index (χ1v) is 4.56. The zero-order valence-electron chi connectivity index (χ0n) is 9.49. The van der Waals surface area contributed by atoms with Gasteiger partial charge in [0.05, 0.1) is 19.8 Å². The van der Waals surface area contributed by atoms with Crippen LogP contribution in [0.3, 0.4) is 0 Å². The molecule has 0 saturated carbocycles. The van der Waals surface area contributed by atoms with E-state index in [1.54, 1.807) is 19.1 Å². The lowest BCUT2D eigenvalue weighted by Gasteiger charge is -2.06. The molecule has 0 bridgehead atoms. The summed E-state index contributed by atoms with van der Waals surface area (Å²) in [5, 5.41) is 0. The molecule has 0 aliphatic carbocycles. The van der Waals surface area contributed by atoms with Gasteiger partial charge in [-0.3, -0.25) is 0 Å². The maximum atomic E-state index is 11.4. The first-order chi connectivity index (χ1) is 7.08. The normalized spacial score (nSPS) is 12.3. The standard InChI is InChI=1S/C11H16O4/c1-5-6-7-9(11(13)15-4)8(2)10(12)14-3/h5-6H,7H2,1-4H3/b6-5+,9-8+. The Morgan fingerprint density at radius 1 is 1.13 bits per heavy atom. The van der Waals surface area contributed by atoms with Gasteiger partial charge in [0.1, 0.15) is 0 Å². The fourth-order valence-electron chi connectivity index (χ4n) is 1.02. The number of rotatable bonds is 4. The molecule has 0 spiro atoms. The molecule has 0 aliphatic heterocycles. The van der Waals surface area contributed by atoms with Gasteiger partial charge in [-0.15, -0.1) is 0 Å². The second-order valence-corrected chi connectivity index (χ2v) is 2.86. The molecule has 0 aromatic rings. The molecule has 0 aromatic heterocycles. The molecule has 0 N–H and O–H groups in total. The van der Waals surface area contributed by atoms with E-state index >= 15 is 0 Å². The zero-order valence-corrected chi connectivity index (χ0v) is 9.49. The van der Waals surface area contributed by atoms with Crippen molar-refractivity contribution in [1.82, 2.24) is 0 Å². The summed E-state index contributed by atoms with van der Waals surface area (Å²) in [5.74, 6) is -1.02. The average Bonchev–Trinajstić information content (AvgIpc) is 2.27. The number of carbonyl (C=O) groups excluding carboxylic acids is 2. The molecule has 0 atom stereocenters. The highest BCUT2D eigenvalue weighted by Crippen LogP contribution is 2.12. The first-order valence-electron chi connectivity index (χ1n) is 4.56. The smallest absolute Gasteiger partial charge is 0.334 e. The van der Waals surface area contributed by atoms with Crippen LogP contribution in [0.4, 0.5) is 0 Å². The van der Waals surface area contributed by atoms with E-state index in [0.29, 0.717) is 12.0 Å². The van der Waals surface area contributed by atoms with Gasteiger partial charge in [0, 0.05) is 5.57 Å². The molecule has 0 unspecified atom stereocenters. The van der Waals surface area contributed by atoms with Gasteiger partial charge in [0.25, 0.3) is 0 Å². The summed E-state index contributed by atoms with van der Waals surface area (Å²) in [4.78, 5) is 22.6. The van der Waals surface area contributed by atoms with Crippen molar-refractivity contribution < 1.29 is 19.1 Å². The monoisotopic (exact) mass is 212 g/mol. The predicted molar refractivity (Wildman–Crippen MR) is 56.2 cm³/mol. The maximum Gasteiger partial charge on any atom is 0.334 e. The lowest BCUT2D eigenvalue weighted by molar-refractivity contribution is -0.139. The SMILES string of the molecule is C/C=C/C/C(C(=O)OC)=C(/C)C(=O)OC. The number of hydrogen-bond acceptors (Lipinski definition) is 4. The van der Waals surface area contributed by atoms with Crippen LogP contribution >= 0.6 is 0 Å². The van der Waals surface area contributed by atoms with E-state index in [-0.39, 0.29) is 5.57 Å². The van der Waals surface area contributed by atoms with Crippen LogP contribution in [0.1, 0.15) is 20.3 Å². The molecule has 84 valence electrons. The molecule has 0 heterocycles. The van der Waals surface area contributed by atoms with Crippen LogP contribution in [0.2, 0.25) is 0 Å². The van der Waals surface area contributed by atoms with Crippen LogP contribution in [0.15, 0.2) is 23.3 Å². The number of ether oxygens (including phenoxy) is 2. The minimum atomic E-state index is -0.514. The molecular formula is C11H16O4. The van der Waals surface area contributed by atoms with Gasteiger partial charge in [-0.1, -0.05) is 12.2 Å². The highest BCUT2D eigenvalue weighted by molar-refractivity contribution is 6.00. The summed E-state index contributed by atoms with van der Waals surface area (Å²) >= 11 is 0. The van der Waals surface area contributed by atoms with Crippen LogP contribution in [0, 0.1) is 0 Å². The number of esters is 2. The topological polar surface area (TPSA) is 52.6 Å². The average molecular weight is 212 g/mol. The molecule has 0 rings (SSSR count). The van der Waals surface area contributed by atoms with Crippen LogP contribution < -0.4 is 0 Å². The predicted octanol–water partition coefficient (Wildman–Crippen LogP) is 1.62. The van der Waals surface area contributed by atoms with Gasteiger partial charge in [-0.2, -0.15) is 0 Å². The maximum absolute atomic E-state index is 11.4. The van der Waals surface area contributed by atoms with Crippen LogP contribution in [-0.2, 0) is 19.1 Å². The van der Waals surface area contributed by atoms with E-state index in [2.05, 4.69) is 9.47 Å². The van der Waals surface area contributed by atoms with Gasteiger partial charge in [0.15, 0.2) is 0 Å². The Morgan fingerprint density at radius 2 is 1.67 bits per heavy atom. The van der Waals surface area contributed by atoms with Gasteiger partial charge < -0.3 is 9.47 Å². The lowest BCUT2D eigenvalue weighted by Crippen LogP contribution is -2.12. The van der Waals surface area contributed by atoms with Crippen molar-refractivity contribution in [2.45, 2.75) is 20.3 Å². The Bertz CT molecular complexity index is 300. The van der Waals surface area contributed by atoms with Crippen molar-refractivity contribution in [3.63, 3.8) is 0 Å². The largest absolute Gasteiger partial charge is 0.466 e. The molecule has 0 fully saturated rings. The van der Waals surface area contributed by atoms with E-state index in [1.807, 2.05) is 6.92 Å². The molecule has 0 aliphatic rings. The summed E-state index contributed by atoms with van der Waals surface area (Å²) in [6.45, 7) is 3.38. The van der Waals surface area contributed by atoms with E-state index in [1.165, 1.54) is 14.2 Å². The molecule has 0 radical (unpaired) electrons. The van der Waals surface area contributed by atoms with Crippen molar-refractivity contribution >= 4 is 11.9 Å². The van der Waals surface area contributed by atoms with Gasteiger partial charge in [0.2, 0.25) is 0 Å². The third-order valence-electron chi connectivity index (χ3n) is 1.93. The zero-order chi connectivity index (χ0) is 11.8. The lowest BCUT2D eigenvalue weighted by atomic mass is 10.1. The Labute approximate surface area is 89.6 Å². The van der Waals surface area contributed by atoms with E-state index in [9.17, 15) is 9.59 Å². The Kier molecular flexibility index (Phi) is 6.09. The Hall–Kier alpha value is -1.58. The minimum absolute atomic E-state index is 0.280. The summed E-state index contributed by atoms with van der Waals surface area (Å²) in [7, 11) is 2.55. The van der Waals surface area contributed by atoms with Crippen molar-refractivity contribution in [1.29, 1.82) is 0 Å². The number of carbonyl (C=O) groups is 2. The highest BCUT2D eigenvalue weighted by Gasteiger charge is 2.17. The second kappa shape index (κ2) is 6.81. The van der Waals surface area contributed by atoms with E-state index < -0.39 is 11.9 Å². The number of allylic oxidation sites excluding steroid dienone is 2. The van der Waals surface area contributed by atoms with Crippen molar-refractivity contribution in [2.24, 2.45) is 0 Å². The minimum Gasteiger partial charge on any atom is -0.466 e. The number of hydrogen-bond donors (Lipinski definition) is 0. The van der Waals surface area contributed by atoms with E-state index in [4.69, 9.17) is 0 Å². The van der Waals surface area contributed by atoms with E-state index in [0.717, 1.165) is 0 Å². The van der Waals surface area contributed by atoms with Crippen molar-refractivity contribution in [3.8, 4) is 0 Å². The fraction of sp³-hybridized carbons (Fsp3) is 0.455. The molecule has 15 heavy (non-hydrogen) atoms. The fourth-order valence-corrected chi connectivity index (χ4v) is 1.02. The third kappa shape index (κ3) is 3.97. The molecule has 0 saturated heterocycles. The summed E-state index contributed by atoms with van der Waals surface area (Å²) < 4.78 is 9.13. The summed E-state index contributed by atoms with van der Waals surface area (Å²) in [5.41, 5.74) is 0.602. The second-order valence-electron chi connectivity index (χ2n) is 2.86. The first kappa shape index (κ1) is 13.4. The van der Waals surface area contributed by atoms with Crippen LogP contribution in [-0.4, -0.2) is 26.2 Å². The van der Waals surface area contributed by atoms with Gasteiger partial charge >= 0.3 is 11.9 Å². The van der Waals surface area contributed by atoms with Gasteiger partial charge in [-0.25, -0.2) is 9.59 Å². The quantitative estimate of drug-likeness (QED) is 0.403. The van der Waals surface area contributed by atoms with Crippen molar-refractivity contribution in [3.05, 3.63) is 23.3 Å². The highest BCUT2D eigenvalue weighted by atomic mass is 16.5. The number of methoxy groups -OCH3 is 2.